The SMILES string of the molecule is CC(C)CSC1=C(N)CCCC1. The molecule has 70 valence electrons. The molecule has 0 amide bonds. The van der Waals surface area contributed by atoms with Crippen LogP contribution in [0.25, 0.3) is 0 Å². The molecule has 2 N–H and O–H groups in total. The molecule has 0 aromatic heterocycles. The second-order valence-corrected chi connectivity index (χ2v) is 4.98. The van der Waals surface area contributed by atoms with E-state index in [9.17, 15) is 0 Å². The smallest absolute Gasteiger partial charge is 0.0177 e. The maximum atomic E-state index is 5.92. The zero-order chi connectivity index (χ0) is 8.97. The van der Waals surface area contributed by atoms with Crippen molar-refractivity contribution in [3.05, 3.63) is 10.6 Å². The van der Waals surface area contributed by atoms with E-state index in [1.54, 1.807) is 0 Å². The first kappa shape index (κ1) is 9.97. The average Bonchev–Trinajstić information content (AvgIpc) is 2.03. The lowest BCUT2D eigenvalue weighted by Gasteiger charge is -2.17. The van der Waals surface area contributed by atoms with Crippen LogP contribution in [0, 0.1) is 5.92 Å². The molecule has 2 heteroatoms. The third-order valence-electron chi connectivity index (χ3n) is 2.05. The quantitative estimate of drug-likeness (QED) is 0.731. The lowest BCUT2D eigenvalue weighted by atomic mass is 10.1. The highest BCUT2D eigenvalue weighted by Crippen LogP contribution is 2.31. The predicted octanol–water partition coefficient (Wildman–Crippen LogP) is 3.12. The van der Waals surface area contributed by atoms with Gasteiger partial charge in [-0.25, -0.2) is 0 Å². The van der Waals surface area contributed by atoms with Crippen molar-refractivity contribution in [1.29, 1.82) is 0 Å². The van der Waals surface area contributed by atoms with Gasteiger partial charge in [-0.3, -0.25) is 0 Å². The summed E-state index contributed by atoms with van der Waals surface area (Å²) in [5, 5.41) is 0. The van der Waals surface area contributed by atoms with E-state index in [4.69, 9.17) is 5.73 Å². The van der Waals surface area contributed by atoms with Crippen molar-refractivity contribution in [2.75, 3.05) is 5.75 Å². The van der Waals surface area contributed by atoms with Gasteiger partial charge in [0.1, 0.15) is 0 Å². The van der Waals surface area contributed by atoms with Crippen molar-refractivity contribution in [2.45, 2.75) is 39.5 Å². The van der Waals surface area contributed by atoms with Gasteiger partial charge >= 0.3 is 0 Å². The lowest BCUT2D eigenvalue weighted by Crippen LogP contribution is -2.06. The van der Waals surface area contributed by atoms with E-state index < -0.39 is 0 Å². The zero-order valence-electron chi connectivity index (χ0n) is 8.10. The Labute approximate surface area is 79.8 Å². The molecular weight excluding hydrogens is 166 g/mol. The molecule has 0 unspecified atom stereocenters. The molecule has 0 saturated heterocycles. The minimum absolute atomic E-state index is 0.775. The van der Waals surface area contributed by atoms with Crippen molar-refractivity contribution in [1.82, 2.24) is 0 Å². The minimum Gasteiger partial charge on any atom is -0.401 e. The van der Waals surface area contributed by atoms with Crippen LogP contribution in [0.1, 0.15) is 39.5 Å². The molecule has 0 heterocycles. The maximum Gasteiger partial charge on any atom is 0.0177 e. The van der Waals surface area contributed by atoms with Crippen LogP contribution in [-0.2, 0) is 0 Å². The summed E-state index contributed by atoms with van der Waals surface area (Å²) in [5.74, 6) is 1.99. The molecular formula is C10H19NS. The normalized spacial score (nSPS) is 18.9. The van der Waals surface area contributed by atoms with Gasteiger partial charge in [0, 0.05) is 16.4 Å². The van der Waals surface area contributed by atoms with E-state index in [0.717, 1.165) is 18.0 Å². The van der Waals surface area contributed by atoms with Crippen LogP contribution in [0.3, 0.4) is 0 Å². The number of hydrogen-bond acceptors (Lipinski definition) is 2. The van der Waals surface area contributed by atoms with Crippen molar-refractivity contribution in [3.63, 3.8) is 0 Å². The molecule has 0 aliphatic heterocycles. The second-order valence-electron chi connectivity index (χ2n) is 3.86. The van der Waals surface area contributed by atoms with E-state index in [0.29, 0.717) is 0 Å². The van der Waals surface area contributed by atoms with Crippen LogP contribution >= 0.6 is 11.8 Å². The van der Waals surface area contributed by atoms with Crippen molar-refractivity contribution in [3.8, 4) is 0 Å². The molecule has 12 heavy (non-hydrogen) atoms. The summed E-state index contributed by atoms with van der Waals surface area (Å²) in [7, 11) is 0. The van der Waals surface area contributed by atoms with E-state index >= 15 is 0 Å². The van der Waals surface area contributed by atoms with Gasteiger partial charge in [-0.2, -0.15) is 0 Å². The van der Waals surface area contributed by atoms with Crippen molar-refractivity contribution < 1.29 is 0 Å². The van der Waals surface area contributed by atoms with Crippen LogP contribution in [0.5, 0.6) is 0 Å². The first-order valence-corrected chi connectivity index (χ1v) is 5.79. The molecule has 1 aliphatic carbocycles. The summed E-state index contributed by atoms with van der Waals surface area (Å²) in [6, 6.07) is 0. The zero-order valence-corrected chi connectivity index (χ0v) is 8.91. The second kappa shape index (κ2) is 4.80. The third-order valence-corrected chi connectivity index (χ3v) is 3.70. The Morgan fingerprint density at radius 3 is 2.58 bits per heavy atom. The van der Waals surface area contributed by atoms with Gasteiger partial charge in [0.15, 0.2) is 0 Å². The number of nitrogens with two attached hydrogens (primary N) is 1. The van der Waals surface area contributed by atoms with Gasteiger partial charge in [-0.05, 0) is 31.6 Å². The largest absolute Gasteiger partial charge is 0.401 e. The average molecular weight is 185 g/mol. The Balaban J connectivity index is 2.38. The van der Waals surface area contributed by atoms with E-state index in [-0.39, 0.29) is 0 Å². The van der Waals surface area contributed by atoms with E-state index in [1.807, 2.05) is 11.8 Å². The highest BCUT2D eigenvalue weighted by molar-refractivity contribution is 8.03. The molecule has 0 aromatic rings. The van der Waals surface area contributed by atoms with E-state index in [2.05, 4.69) is 13.8 Å². The van der Waals surface area contributed by atoms with Crippen molar-refractivity contribution in [2.24, 2.45) is 11.7 Å². The Morgan fingerprint density at radius 2 is 2.00 bits per heavy atom. The fraction of sp³-hybridized carbons (Fsp3) is 0.800. The standard InChI is InChI=1S/C10H19NS/c1-8(2)7-12-10-6-4-3-5-9(10)11/h8H,3-7,11H2,1-2H3. The van der Waals surface area contributed by atoms with Crippen LogP contribution in [0.4, 0.5) is 0 Å². The summed E-state index contributed by atoms with van der Waals surface area (Å²) >= 11 is 1.97. The van der Waals surface area contributed by atoms with Gasteiger partial charge in [0.05, 0.1) is 0 Å². The topological polar surface area (TPSA) is 26.0 Å². The highest BCUT2D eigenvalue weighted by Gasteiger charge is 2.10. The summed E-state index contributed by atoms with van der Waals surface area (Å²) in [4.78, 5) is 1.47. The van der Waals surface area contributed by atoms with Gasteiger partial charge in [0.2, 0.25) is 0 Å². The van der Waals surface area contributed by atoms with Crippen LogP contribution in [0.2, 0.25) is 0 Å². The van der Waals surface area contributed by atoms with Gasteiger partial charge < -0.3 is 5.73 Å². The maximum absolute atomic E-state index is 5.92. The molecule has 0 aromatic carbocycles. The molecule has 1 nitrogen and oxygen atoms in total. The third kappa shape index (κ3) is 3.10. The monoisotopic (exact) mass is 185 g/mol. The molecule has 0 fully saturated rings. The fourth-order valence-electron chi connectivity index (χ4n) is 1.33. The molecule has 1 rings (SSSR count). The predicted molar refractivity (Wildman–Crippen MR) is 57.0 cm³/mol. The van der Waals surface area contributed by atoms with E-state index in [1.165, 1.54) is 29.9 Å². The molecule has 0 spiro atoms. The molecule has 0 saturated carbocycles. The van der Waals surface area contributed by atoms with Gasteiger partial charge in [0.25, 0.3) is 0 Å². The lowest BCUT2D eigenvalue weighted by molar-refractivity contribution is 0.687. The first-order valence-electron chi connectivity index (χ1n) is 4.80. The summed E-state index contributed by atoms with van der Waals surface area (Å²) in [6.07, 6.45) is 4.97. The Kier molecular flexibility index (Phi) is 3.99. The Bertz CT molecular complexity index is 173. The molecule has 0 radical (unpaired) electrons. The first-order chi connectivity index (χ1) is 5.70. The minimum atomic E-state index is 0.775. The summed E-state index contributed by atoms with van der Waals surface area (Å²) in [5.41, 5.74) is 7.08. The number of allylic oxidation sites excluding steroid dienone is 2. The van der Waals surface area contributed by atoms with Crippen LogP contribution in [-0.4, -0.2) is 5.75 Å². The molecule has 1 aliphatic rings. The summed E-state index contributed by atoms with van der Waals surface area (Å²) < 4.78 is 0. The fourth-order valence-corrected chi connectivity index (χ4v) is 2.44. The summed E-state index contributed by atoms with van der Waals surface area (Å²) in [6.45, 7) is 4.51. The molecule has 0 bridgehead atoms. The van der Waals surface area contributed by atoms with Crippen LogP contribution in [0.15, 0.2) is 10.6 Å². The number of hydrogen-bond donors (Lipinski definition) is 1. The van der Waals surface area contributed by atoms with Gasteiger partial charge in [-0.15, -0.1) is 11.8 Å². The Morgan fingerprint density at radius 1 is 1.33 bits per heavy atom. The Hall–Kier alpha value is -0.110. The highest BCUT2D eigenvalue weighted by atomic mass is 32.2. The number of thioether (sulfide) groups is 1. The molecule has 0 atom stereocenters. The van der Waals surface area contributed by atoms with Crippen molar-refractivity contribution >= 4 is 11.8 Å². The van der Waals surface area contributed by atoms with Gasteiger partial charge in [-0.1, -0.05) is 13.8 Å². The van der Waals surface area contributed by atoms with Crippen LogP contribution < -0.4 is 5.73 Å². The number of rotatable bonds is 3.